The van der Waals surface area contributed by atoms with E-state index in [0.717, 1.165) is 5.56 Å². The minimum absolute atomic E-state index is 0.0566. The Kier molecular flexibility index (Phi) is 4.99. The van der Waals surface area contributed by atoms with Gasteiger partial charge in [0.05, 0.1) is 16.9 Å². The van der Waals surface area contributed by atoms with E-state index in [9.17, 15) is 8.94 Å². The molecule has 4 aromatic rings. The molecule has 0 amide bonds. The van der Waals surface area contributed by atoms with Gasteiger partial charge in [0.25, 0.3) is 0 Å². The average molecular weight is 409 g/mol. The summed E-state index contributed by atoms with van der Waals surface area (Å²) in [6.07, 6.45) is 5.93. The van der Waals surface area contributed by atoms with Gasteiger partial charge < -0.3 is 15.0 Å². The van der Waals surface area contributed by atoms with Crippen molar-refractivity contribution in [2.75, 3.05) is 12.0 Å². The van der Waals surface area contributed by atoms with Crippen LogP contribution in [0.4, 0.5) is 10.1 Å². The second-order valence-electron chi connectivity index (χ2n) is 6.29. The Morgan fingerprint density at radius 1 is 1.10 bits per heavy atom. The van der Waals surface area contributed by atoms with E-state index in [4.69, 9.17) is 10.5 Å². The molecule has 4 rings (SSSR count). The first kappa shape index (κ1) is 19.0. The molecule has 9 heteroatoms. The molecule has 2 heterocycles. The fraction of sp³-hybridized carbons (Fsp3) is 0.100. The first-order chi connectivity index (χ1) is 14.0. The predicted octanol–water partition coefficient (Wildman–Crippen LogP) is 3.65. The van der Waals surface area contributed by atoms with E-state index >= 15 is 0 Å². The lowest BCUT2D eigenvalue weighted by Crippen LogP contribution is -2.05. The molecule has 0 aliphatic heterocycles. The zero-order chi connectivity index (χ0) is 20.5. The summed E-state index contributed by atoms with van der Waals surface area (Å²) in [4.78, 5) is 16.6. The summed E-state index contributed by atoms with van der Waals surface area (Å²) in [6.45, 7) is 1.87. The first-order valence-corrected chi connectivity index (χ1v) is 10.1. The van der Waals surface area contributed by atoms with Crippen LogP contribution in [0.1, 0.15) is 5.56 Å². The number of nitrogens with zero attached hydrogens (tertiary/aromatic N) is 4. The molecule has 29 heavy (non-hydrogen) atoms. The van der Waals surface area contributed by atoms with Gasteiger partial charge in [-0.15, -0.1) is 0 Å². The zero-order valence-corrected chi connectivity index (χ0v) is 16.4. The molecule has 0 aliphatic rings. The van der Waals surface area contributed by atoms with E-state index < -0.39 is 17.0 Å². The van der Waals surface area contributed by atoms with Crippen LogP contribution in [0.15, 0.2) is 54.2 Å². The molecule has 146 valence electrons. The molecule has 0 spiro atoms. The van der Waals surface area contributed by atoms with Gasteiger partial charge in [-0.05, 0) is 30.7 Å². The lowest BCUT2D eigenvalue weighted by atomic mass is 10.0. The highest BCUT2D eigenvalue weighted by Gasteiger charge is 2.18. The summed E-state index contributed by atoms with van der Waals surface area (Å²) in [6, 6.07) is 8.14. The number of aromatic nitrogens is 4. The maximum absolute atomic E-state index is 13.9. The number of anilines is 1. The zero-order valence-electron chi connectivity index (χ0n) is 15.6. The molecule has 7 nitrogen and oxygen atoms in total. The highest BCUT2D eigenvalue weighted by molar-refractivity contribution is 7.90. The third-order valence-corrected chi connectivity index (χ3v) is 5.09. The number of nitrogen functional groups attached to an aromatic ring is 1. The lowest BCUT2D eigenvalue weighted by Gasteiger charge is -2.14. The molecule has 0 saturated heterocycles. The van der Waals surface area contributed by atoms with Gasteiger partial charge >= 0.3 is 5.16 Å². The maximum Gasteiger partial charge on any atom is 0.342 e. The minimum atomic E-state index is -1.34. The van der Waals surface area contributed by atoms with E-state index in [-0.39, 0.29) is 16.7 Å². The van der Waals surface area contributed by atoms with Crippen LogP contribution in [0.3, 0.4) is 0 Å². The number of aryl methyl sites for hydroxylation is 1. The monoisotopic (exact) mass is 409 g/mol. The van der Waals surface area contributed by atoms with Gasteiger partial charge in [-0.2, -0.15) is 9.97 Å². The average Bonchev–Trinajstić information content (AvgIpc) is 2.73. The quantitative estimate of drug-likeness (QED) is 0.311. The van der Waals surface area contributed by atoms with E-state index in [0.29, 0.717) is 27.8 Å². The molecule has 2 aromatic carbocycles. The standard InChI is InChI=1S/C20H16FN5O2S/c1-11-3-4-12-13(5-6-15(21)17(12)22)18(11)28-19-14(9-23-10-25-19)16-7-8-24-20(26-16)29(2)27/h3-10H,22H2,1-2H3. The van der Waals surface area contributed by atoms with Gasteiger partial charge in [0.15, 0.2) is 0 Å². The van der Waals surface area contributed by atoms with Gasteiger partial charge in [0.1, 0.15) is 24.1 Å². The molecule has 0 aliphatic carbocycles. The van der Waals surface area contributed by atoms with Crippen molar-refractivity contribution in [2.45, 2.75) is 12.1 Å². The van der Waals surface area contributed by atoms with Crippen LogP contribution in [-0.2, 0) is 11.2 Å². The summed E-state index contributed by atoms with van der Waals surface area (Å²) in [7, 11) is 0. The molecule has 0 bridgehead atoms. The van der Waals surface area contributed by atoms with E-state index in [1.807, 2.05) is 6.92 Å². The van der Waals surface area contributed by atoms with Crippen molar-refractivity contribution in [2.24, 2.45) is 0 Å². The van der Waals surface area contributed by atoms with Crippen LogP contribution in [0, 0.1) is 12.7 Å². The topological polar surface area (TPSA) is 110 Å². The number of rotatable bonds is 4. The van der Waals surface area contributed by atoms with Crippen molar-refractivity contribution in [1.82, 2.24) is 19.9 Å². The molecular formula is C20H16FN5O2S. The smallest absolute Gasteiger partial charge is 0.342 e. The number of halogens is 1. The van der Waals surface area contributed by atoms with E-state index in [1.165, 1.54) is 24.8 Å². The summed E-state index contributed by atoms with van der Waals surface area (Å²) >= 11 is -1.34. The van der Waals surface area contributed by atoms with E-state index in [2.05, 4.69) is 19.9 Å². The SMILES string of the molecule is Cc1ccc2c(N)c(F)ccc2c1Oc1ncncc1-c1ccnc([S+](C)[O-])n1. The third kappa shape index (κ3) is 3.57. The molecule has 1 atom stereocenters. The Hall–Kier alpha value is -3.30. The largest absolute Gasteiger partial charge is 0.609 e. The first-order valence-electron chi connectivity index (χ1n) is 8.57. The second-order valence-corrected chi connectivity index (χ2v) is 7.56. The Morgan fingerprint density at radius 3 is 2.69 bits per heavy atom. The predicted molar refractivity (Wildman–Crippen MR) is 109 cm³/mol. The van der Waals surface area contributed by atoms with Crippen molar-refractivity contribution in [1.29, 1.82) is 0 Å². The highest BCUT2D eigenvalue weighted by atomic mass is 32.2. The molecule has 1 unspecified atom stereocenters. The molecule has 2 N–H and O–H groups in total. The Balaban J connectivity index is 1.84. The summed E-state index contributed by atoms with van der Waals surface area (Å²) in [5.74, 6) is 0.267. The summed E-state index contributed by atoms with van der Waals surface area (Å²) in [5.41, 5.74) is 7.76. The van der Waals surface area contributed by atoms with Crippen molar-refractivity contribution in [3.63, 3.8) is 0 Å². The van der Waals surface area contributed by atoms with Crippen LogP contribution in [0.25, 0.3) is 22.0 Å². The van der Waals surface area contributed by atoms with E-state index in [1.54, 1.807) is 30.5 Å². The minimum Gasteiger partial charge on any atom is -0.609 e. The molecule has 0 saturated carbocycles. The van der Waals surface area contributed by atoms with Crippen LogP contribution >= 0.6 is 0 Å². The third-order valence-electron chi connectivity index (χ3n) is 4.38. The molecule has 0 radical (unpaired) electrons. The lowest BCUT2D eigenvalue weighted by molar-refractivity contribution is 0.465. The van der Waals surface area contributed by atoms with Gasteiger partial charge in [-0.25, -0.2) is 14.4 Å². The van der Waals surface area contributed by atoms with Crippen LogP contribution in [0.2, 0.25) is 0 Å². The normalized spacial score (nSPS) is 12.1. The number of ether oxygens (including phenoxy) is 1. The fourth-order valence-electron chi connectivity index (χ4n) is 2.92. The van der Waals surface area contributed by atoms with Crippen molar-refractivity contribution >= 4 is 27.6 Å². The van der Waals surface area contributed by atoms with Crippen molar-refractivity contribution in [3.8, 4) is 22.9 Å². The van der Waals surface area contributed by atoms with Crippen LogP contribution in [0.5, 0.6) is 11.6 Å². The molecular weight excluding hydrogens is 393 g/mol. The fourth-order valence-corrected chi connectivity index (χ4v) is 3.36. The number of benzene rings is 2. The number of hydrogen-bond donors (Lipinski definition) is 1. The van der Waals surface area contributed by atoms with Crippen LogP contribution in [-0.4, -0.2) is 30.7 Å². The number of nitrogens with two attached hydrogens (primary N) is 1. The van der Waals surface area contributed by atoms with Gasteiger partial charge in [0.2, 0.25) is 5.88 Å². The summed E-state index contributed by atoms with van der Waals surface area (Å²) < 4.78 is 31.7. The second kappa shape index (κ2) is 7.61. The van der Waals surface area contributed by atoms with Gasteiger partial charge in [-0.1, -0.05) is 12.1 Å². The molecule has 0 fully saturated rings. The Bertz CT molecular complexity index is 1220. The highest BCUT2D eigenvalue weighted by Crippen LogP contribution is 2.38. The van der Waals surface area contributed by atoms with Crippen LogP contribution < -0.4 is 10.5 Å². The number of fused-ring (bicyclic) bond motifs is 1. The van der Waals surface area contributed by atoms with Gasteiger partial charge in [0, 0.05) is 34.3 Å². The Morgan fingerprint density at radius 2 is 1.90 bits per heavy atom. The summed E-state index contributed by atoms with van der Waals surface area (Å²) in [5, 5.41) is 1.40. The van der Waals surface area contributed by atoms with Crippen molar-refractivity contribution in [3.05, 3.63) is 60.4 Å². The van der Waals surface area contributed by atoms with Crippen molar-refractivity contribution < 1.29 is 13.7 Å². The maximum atomic E-state index is 13.9. The molecule has 2 aromatic heterocycles. The number of hydrogen-bond acceptors (Lipinski definition) is 7. The Labute approximate surface area is 169 Å². The van der Waals surface area contributed by atoms with Gasteiger partial charge in [-0.3, -0.25) is 0 Å².